The Hall–Kier alpha value is -4.94. The minimum absolute atomic E-state index is 0.0689. The van der Waals surface area contributed by atoms with Crippen LogP contribution in [0.2, 0.25) is 0 Å². The predicted octanol–water partition coefficient (Wildman–Crippen LogP) is 4.34. The van der Waals surface area contributed by atoms with Gasteiger partial charge in [0, 0.05) is 18.0 Å². The monoisotopic (exact) mass is 536 g/mol. The third-order valence-electron chi connectivity index (χ3n) is 5.95. The second-order valence-corrected chi connectivity index (χ2v) is 8.79. The second kappa shape index (κ2) is 10.1. The largest absolute Gasteiger partial charge is 0.482 e. The number of aryl methyl sites for hydroxylation is 1. The number of benzene rings is 1. The molecule has 0 amide bonds. The highest BCUT2D eigenvalue weighted by atomic mass is 19.4. The average molecular weight is 537 g/mol. The Morgan fingerprint density at radius 2 is 1.90 bits per heavy atom. The number of fused-ring (bicyclic) bond motifs is 1. The molecule has 1 aromatic carbocycles. The molecule has 0 aliphatic carbocycles. The molecule has 0 spiro atoms. The number of rotatable bonds is 7. The van der Waals surface area contributed by atoms with Gasteiger partial charge < -0.3 is 15.8 Å². The number of halogens is 3. The molecule has 3 N–H and O–H groups in total. The number of nitrogens with one attached hydrogen (secondary N) is 1. The van der Waals surface area contributed by atoms with E-state index in [9.17, 15) is 18.0 Å². The molecule has 0 bridgehead atoms. The van der Waals surface area contributed by atoms with Gasteiger partial charge in [0.15, 0.2) is 12.4 Å². The number of pyridine rings is 1. The van der Waals surface area contributed by atoms with Crippen LogP contribution in [0.5, 0.6) is 5.75 Å². The highest BCUT2D eigenvalue weighted by Gasteiger charge is 2.28. The van der Waals surface area contributed by atoms with Gasteiger partial charge in [-0.1, -0.05) is 18.2 Å². The van der Waals surface area contributed by atoms with Crippen LogP contribution in [0.25, 0.3) is 22.3 Å². The van der Waals surface area contributed by atoms with Crippen molar-refractivity contribution in [1.82, 2.24) is 29.1 Å². The van der Waals surface area contributed by atoms with Crippen LogP contribution in [-0.2, 0) is 0 Å². The van der Waals surface area contributed by atoms with Crippen molar-refractivity contribution in [3.63, 3.8) is 0 Å². The molecule has 0 aliphatic rings. The first kappa shape index (κ1) is 25.7. The first-order valence-corrected chi connectivity index (χ1v) is 11.8. The summed E-state index contributed by atoms with van der Waals surface area (Å²) in [6.07, 6.45) is 1.04. The van der Waals surface area contributed by atoms with Gasteiger partial charge in [0.2, 0.25) is 0 Å². The zero-order valence-electron chi connectivity index (χ0n) is 20.8. The van der Waals surface area contributed by atoms with Crippen molar-refractivity contribution in [3.8, 4) is 22.6 Å². The summed E-state index contributed by atoms with van der Waals surface area (Å²) < 4.78 is 45.9. The van der Waals surface area contributed by atoms with Crippen LogP contribution in [0.4, 0.5) is 24.8 Å². The lowest BCUT2D eigenvalue weighted by Gasteiger charge is -2.21. The summed E-state index contributed by atoms with van der Waals surface area (Å²) in [5.74, 6) is 0.625. The lowest BCUT2D eigenvalue weighted by Crippen LogP contribution is -2.29. The van der Waals surface area contributed by atoms with E-state index in [2.05, 4.69) is 20.3 Å². The molecule has 4 aromatic heterocycles. The van der Waals surface area contributed by atoms with Gasteiger partial charge >= 0.3 is 6.18 Å². The molecular formula is C26H23F3N8O2. The lowest BCUT2D eigenvalue weighted by atomic mass is 10.1. The third kappa shape index (κ3) is 5.23. The molecule has 0 saturated carbocycles. The fourth-order valence-electron chi connectivity index (χ4n) is 4.20. The van der Waals surface area contributed by atoms with Gasteiger partial charge in [-0.25, -0.2) is 14.5 Å². The zero-order valence-corrected chi connectivity index (χ0v) is 20.8. The van der Waals surface area contributed by atoms with Crippen molar-refractivity contribution >= 4 is 17.2 Å². The van der Waals surface area contributed by atoms with Gasteiger partial charge in [0.1, 0.15) is 29.2 Å². The molecule has 4 heterocycles. The molecule has 0 saturated heterocycles. The van der Waals surface area contributed by atoms with Crippen LogP contribution in [0, 0.1) is 6.92 Å². The van der Waals surface area contributed by atoms with Crippen LogP contribution >= 0.6 is 0 Å². The SMILES string of the molecule is Cc1ccn2nc([C@H](C)Nc3ncnc(N)c3-c3cncc(OCC(F)(F)F)c3)n(-c3ccccc3)c(=O)c12. The summed E-state index contributed by atoms with van der Waals surface area (Å²) in [6.45, 7) is 2.17. The Bertz CT molecular complexity index is 1700. The maximum absolute atomic E-state index is 13.6. The molecule has 0 fully saturated rings. The summed E-state index contributed by atoms with van der Waals surface area (Å²) in [6, 6.07) is 11.7. The van der Waals surface area contributed by atoms with Crippen molar-refractivity contribution in [2.24, 2.45) is 0 Å². The number of nitrogen functional groups attached to an aromatic ring is 1. The van der Waals surface area contributed by atoms with Gasteiger partial charge in [-0.3, -0.25) is 14.3 Å². The number of alkyl halides is 3. The molecule has 0 unspecified atom stereocenters. The molecule has 0 radical (unpaired) electrons. The van der Waals surface area contributed by atoms with Crippen molar-refractivity contribution in [2.45, 2.75) is 26.1 Å². The number of nitrogens with two attached hydrogens (primary N) is 1. The molecular weight excluding hydrogens is 513 g/mol. The molecule has 200 valence electrons. The number of ether oxygens (including phenoxy) is 1. The Morgan fingerprint density at radius 1 is 1.13 bits per heavy atom. The standard InChI is InChI=1S/C26H23F3N8O2/c1-15-8-9-36-21(15)25(38)37(18-6-4-3-5-7-18)24(35-36)16(2)34-23-20(22(30)32-14-33-23)17-10-19(12-31-11-17)39-13-26(27,28)29/h3-12,14,16H,13H2,1-2H3,(H3,30,32,33,34)/t16-/m0/s1. The molecule has 5 rings (SSSR count). The summed E-state index contributed by atoms with van der Waals surface area (Å²) in [7, 11) is 0. The number of para-hydroxylation sites is 1. The van der Waals surface area contributed by atoms with Crippen LogP contribution in [0.15, 0.2) is 72.2 Å². The van der Waals surface area contributed by atoms with Gasteiger partial charge in [-0.05, 0) is 43.7 Å². The fourth-order valence-corrected chi connectivity index (χ4v) is 4.20. The summed E-state index contributed by atoms with van der Waals surface area (Å²) in [4.78, 5) is 26.0. The Morgan fingerprint density at radius 3 is 2.64 bits per heavy atom. The highest BCUT2D eigenvalue weighted by Crippen LogP contribution is 2.34. The number of anilines is 2. The second-order valence-electron chi connectivity index (χ2n) is 8.79. The van der Waals surface area contributed by atoms with E-state index in [-0.39, 0.29) is 22.9 Å². The average Bonchev–Trinajstić information content (AvgIpc) is 3.28. The molecule has 0 aliphatic heterocycles. The van der Waals surface area contributed by atoms with E-state index < -0.39 is 18.8 Å². The van der Waals surface area contributed by atoms with Gasteiger partial charge in [0.25, 0.3) is 5.56 Å². The number of aromatic nitrogens is 6. The highest BCUT2D eigenvalue weighted by molar-refractivity contribution is 5.83. The van der Waals surface area contributed by atoms with E-state index >= 15 is 0 Å². The van der Waals surface area contributed by atoms with Crippen molar-refractivity contribution in [1.29, 1.82) is 0 Å². The van der Waals surface area contributed by atoms with Gasteiger partial charge in [0.05, 0.1) is 23.5 Å². The summed E-state index contributed by atoms with van der Waals surface area (Å²) >= 11 is 0. The van der Waals surface area contributed by atoms with E-state index in [1.165, 1.54) is 33.9 Å². The molecule has 1 atom stereocenters. The number of hydrogen-bond donors (Lipinski definition) is 2. The van der Waals surface area contributed by atoms with Crippen LogP contribution in [0.3, 0.4) is 0 Å². The first-order chi connectivity index (χ1) is 18.6. The predicted molar refractivity (Wildman–Crippen MR) is 139 cm³/mol. The Labute approximate surface area is 219 Å². The Balaban J connectivity index is 1.57. The van der Waals surface area contributed by atoms with E-state index in [4.69, 9.17) is 15.6 Å². The van der Waals surface area contributed by atoms with E-state index in [0.29, 0.717) is 28.2 Å². The number of hydrogen-bond acceptors (Lipinski definition) is 8. The zero-order chi connectivity index (χ0) is 27.7. The van der Waals surface area contributed by atoms with Gasteiger partial charge in [-0.15, -0.1) is 0 Å². The smallest absolute Gasteiger partial charge is 0.422 e. The van der Waals surface area contributed by atoms with Crippen LogP contribution in [0.1, 0.15) is 24.4 Å². The third-order valence-corrected chi connectivity index (χ3v) is 5.95. The molecule has 10 nitrogen and oxygen atoms in total. The van der Waals surface area contributed by atoms with E-state index in [1.54, 1.807) is 25.3 Å². The Kier molecular flexibility index (Phi) is 6.64. The van der Waals surface area contributed by atoms with Gasteiger partial charge in [-0.2, -0.15) is 18.3 Å². The normalized spacial score (nSPS) is 12.4. The van der Waals surface area contributed by atoms with Crippen molar-refractivity contribution in [3.05, 3.63) is 89.1 Å². The molecule has 39 heavy (non-hydrogen) atoms. The van der Waals surface area contributed by atoms with E-state index in [1.807, 2.05) is 31.2 Å². The topological polar surface area (TPSA) is 125 Å². The van der Waals surface area contributed by atoms with Crippen molar-refractivity contribution < 1.29 is 17.9 Å². The first-order valence-electron chi connectivity index (χ1n) is 11.8. The minimum Gasteiger partial charge on any atom is -0.482 e. The van der Waals surface area contributed by atoms with E-state index in [0.717, 1.165) is 5.56 Å². The fraction of sp³-hybridized carbons (Fsp3) is 0.192. The number of nitrogens with zero attached hydrogens (tertiary/aromatic N) is 6. The summed E-state index contributed by atoms with van der Waals surface area (Å²) in [5.41, 5.74) is 8.43. The summed E-state index contributed by atoms with van der Waals surface area (Å²) in [5, 5.41) is 7.95. The minimum atomic E-state index is -4.51. The lowest BCUT2D eigenvalue weighted by molar-refractivity contribution is -0.153. The maximum atomic E-state index is 13.6. The van der Waals surface area contributed by atoms with Crippen LogP contribution < -0.4 is 21.3 Å². The molecule has 5 aromatic rings. The molecule has 13 heteroatoms. The maximum Gasteiger partial charge on any atom is 0.422 e. The van der Waals surface area contributed by atoms with Crippen LogP contribution in [-0.4, -0.2) is 41.9 Å². The quantitative estimate of drug-likeness (QED) is 0.315. The van der Waals surface area contributed by atoms with Crippen molar-refractivity contribution in [2.75, 3.05) is 17.7 Å².